The van der Waals surface area contributed by atoms with Crippen LogP contribution in [0.4, 0.5) is 0 Å². The molecular weight excluding hydrogens is 172 g/mol. The molecule has 0 spiro atoms. The second-order valence-electron chi connectivity index (χ2n) is 4.16. The van der Waals surface area contributed by atoms with Crippen LogP contribution in [0.15, 0.2) is 16.8 Å². The maximum absolute atomic E-state index is 4.76. The lowest BCUT2D eigenvalue weighted by atomic mass is 10.0. The molecule has 0 aromatic heterocycles. The zero-order valence-electron chi connectivity index (χ0n) is 10.0. The summed E-state index contributed by atoms with van der Waals surface area (Å²) >= 11 is 0. The van der Waals surface area contributed by atoms with E-state index in [9.17, 15) is 0 Å². The Hall–Kier alpha value is -0.790. The Balaban J connectivity index is 2.90. The second kappa shape index (κ2) is 4.63. The van der Waals surface area contributed by atoms with Gasteiger partial charge < -0.3 is 4.90 Å². The topological polar surface area (TPSA) is 15.6 Å². The van der Waals surface area contributed by atoms with Crippen molar-refractivity contribution in [2.24, 2.45) is 10.9 Å². The summed E-state index contributed by atoms with van der Waals surface area (Å²) in [6.07, 6.45) is 3.39. The van der Waals surface area contributed by atoms with E-state index in [1.165, 1.54) is 11.4 Å². The lowest BCUT2D eigenvalue weighted by Crippen LogP contribution is -2.35. The third kappa shape index (κ3) is 2.17. The summed E-state index contributed by atoms with van der Waals surface area (Å²) in [6, 6.07) is 0.375. The van der Waals surface area contributed by atoms with Crippen molar-refractivity contribution in [1.82, 2.24) is 4.90 Å². The highest BCUT2D eigenvalue weighted by atomic mass is 15.2. The van der Waals surface area contributed by atoms with Gasteiger partial charge in [-0.25, -0.2) is 0 Å². The lowest BCUT2D eigenvalue weighted by molar-refractivity contribution is 0.513. The van der Waals surface area contributed by atoms with Crippen molar-refractivity contribution >= 4 is 5.84 Å². The summed E-state index contributed by atoms with van der Waals surface area (Å²) in [5.74, 6) is 1.75. The first-order valence-electron chi connectivity index (χ1n) is 5.65. The monoisotopic (exact) mass is 194 g/mol. The van der Waals surface area contributed by atoms with E-state index in [1.54, 1.807) is 0 Å². The van der Waals surface area contributed by atoms with Crippen LogP contribution in [0.25, 0.3) is 0 Å². The zero-order chi connectivity index (χ0) is 10.7. The normalized spacial score (nSPS) is 22.4. The molecule has 1 aliphatic rings. The number of nitrogens with zero attached hydrogens (tertiary/aromatic N) is 2. The molecule has 2 heteroatoms. The van der Waals surface area contributed by atoms with Crippen LogP contribution in [-0.4, -0.2) is 23.3 Å². The molecule has 1 atom stereocenters. The summed E-state index contributed by atoms with van der Waals surface area (Å²) in [5.41, 5.74) is 1.44. The van der Waals surface area contributed by atoms with Gasteiger partial charge in [0, 0.05) is 18.7 Å². The molecule has 0 saturated carbocycles. The minimum atomic E-state index is 0.375. The highest BCUT2D eigenvalue weighted by Crippen LogP contribution is 2.20. The van der Waals surface area contributed by atoms with Gasteiger partial charge in [0.15, 0.2) is 0 Å². The average molecular weight is 194 g/mol. The highest BCUT2D eigenvalue weighted by molar-refractivity contribution is 5.86. The summed E-state index contributed by atoms with van der Waals surface area (Å²) in [7, 11) is 0. The number of hydrogen-bond acceptors (Lipinski definition) is 2. The number of hydrogen-bond donors (Lipinski definition) is 0. The van der Waals surface area contributed by atoms with Crippen LogP contribution in [0.3, 0.4) is 0 Å². The second-order valence-corrected chi connectivity index (χ2v) is 4.16. The third-order valence-corrected chi connectivity index (χ3v) is 2.74. The Morgan fingerprint density at radius 1 is 1.43 bits per heavy atom. The number of rotatable bonds is 3. The molecule has 14 heavy (non-hydrogen) atoms. The molecule has 0 N–H and O–H groups in total. The molecule has 0 fully saturated rings. The van der Waals surface area contributed by atoms with E-state index in [4.69, 9.17) is 4.99 Å². The molecule has 0 bridgehead atoms. The van der Waals surface area contributed by atoms with Gasteiger partial charge in [-0.1, -0.05) is 20.8 Å². The maximum Gasteiger partial charge on any atom is 0.106 e. The van der Waals surface area contributed by atoms with Crippen LogP contribution in [0.2, 0.25) is 0 Å². The van der Waals surface area contributed by atoms with E-state index in [0.717, 1.165) is 13.0 Å². The van der Waals surface area contributed by atoms with Crippen molar-refractivity contribution in [3.8, 4) is 0 Å². The molecular formula is C12H22N2. The summed E-state index contributed by atoms with van der Waals surface area (Å²) in [4.78, 5) is 7.04. The van der Waals surface area contributed by atoms with Crippen LogP contribution >= 0.6 is 0 Å². The molecule has 1 aliphatic heterocycles. The number of aliphatic imine (C=N–C) groups is 1. The fourth-order valence-corrected chi connectivity index (χ4v) is 1.85. The Morgan fingerprint density at radius 3 is 2.50 bits per heavy atom. The van der Waals surface area contributed by atoms with Crippen molar-refractivity contribution in [3.05, 3.63) is 11.8 Å². The van der Waals surface area contributed by atoms with E-state index in [1.807, 2.05) is 0 Å². The van der Waals surface area contributed by atoms with Crippen molar-refractivity contribution in [3.63, 3.8) is 0 Å². The predicted octanol–water partition coefficient (Wildman–Crippen LogP) is 3.06. The van der Waals surface area contributed by atoms with E-state index in [-0.39, 0.29) is 0 Å². The fraction of sp³-hybridized carbons (Fsp3) is 0.750. The lowest BCUT2D eigenvalue weighted by Gasteiger charge is -2.31. The molecule has 80 valence electrons. The van der Waals surface area contributed by atoms with Crippen LogP contribution in [0.1, 0.15) is 41.0 Å². The molecule has 0 aromatic rings. The molecule has 1 heterocycles. The average Bonchev–Trinajstić information content (AvgIpc) is 2.17. The minimum Gasteiger partial charge on any atom is -0.337 e. The molecule has 1 rings (SSSR count). The Kier molecular flexibility index (Phi) is 3.73. The van der Waals surface area contributed by atoms with Gasteiger partial charge in [-0.2, -0.15) is 0 Å². The largest absolute Gasteiger partial charge is 0.337 e. The maximum atomic E-state index is 4.76. The minimum absolute atomic E-state index is 0.375. The Labute approximate surface area is 87.7 Å². The van der Waals surface area contributed by atoms with Gasteiger partial charge in [0.1, 0.15) is 5.84 Å². The Morgan fingerprint density at radius 2 is 2.07 bits per heavy atom. The molecule has 2 nitrogen and oxygen atoms in total. The van der Waals surface area contributed by atoms with Gasteiger partial charge in [0.05, 0.1) is 6.04 Å². The van der Waals surface area contributed by atoms with Crippen LogP contribution in [0, 0.1) is 5.92 Å². The molecule has 0 amide bonds. The van der Waals surface area contributed by atoms with Crippen molar-refractivity contribution in [1.29, 1.82) is 0 Å². The van der Waals surface area contributed by atoms with E-state index < -0.39 is 0 Å². The van der Waals surface area contributed by atoms with Gasteiger partial charge in [0.2, 0.25) is 0 Å². The van der Waals surface area contributed by atoms with Crippen LogP contribution < -0.4 is 0 Å². The smallest absolute Gasteiger partial charge is 0.106 e. The van der Waals surface area contributed by atoms with Crippen molar-refractivity contribution < 1.29 is 0 Å². The molecule has 1 unspecified atom stereocenters. The highest BCUT2D eigenvalue weighted by Gasteiger charge is 2.20. The third-order valence-electron chi connectivity index (χ3n) is 2.74. The summed E-state index contributed by atoms with van der Waals surface area (Å²) in [6.45, 7) is 12.0. The quantitative estimate of drug-likeness (QED) is 0.674. The first-order valence-corrected chi connectivity index (χ1v) is 5.65. The SMILES string of the molecule is CCC1=CN(CC)C(C(C)C)=NC1C. The van der Waals surface area contributed by atoms with Gasteiger partial charge in [-0.3, -0.25) is 4.99 Å². The van der Waals surface area contributed by atoms with Gasteiger partial charge in [0.25, 0.3) is 0 Å². The van der Waals surface area contributed by atoms with Gasteiger partial charge in [-0.15, -0.1) is 0 Å². The van der Waals surface area contributed by atoms with Gasteiger partial charge >= 0.3 is 0 Å². The van der Waals surface area contributed by atoms with Crippen molar-refractivity contribution in [2.75, 3.05) is 6.54 Å². The van der Waals surface area contributed by atoms with Crippen LogP contribution in [0.5, 0.6) is 0 Å². The molecule has 0 aliphatic carbocycles. The van der Waals surface area contributed by atoms with E-state index in [0.29, 0.717) is 12.0 Å². The predicted molar refractivity (Wildman–Crippen MR) is 62.5 cm³/mol. The number of amidine groups is 1. The van der Waals surface area contributed by atoms with Crippen molar-refractivity contribution in [2.45, 2.75) is 47.1 Å². The molecule has 0 saturated heterocycles. The van der Waals surface area contributed by atoms with Gasteiger partial charge in [-0.05, 0) is 25.8 Å². The summed E-state index contributed by atoms with van der Waals surface area (Å²) < 4.78 is 0. The molecule has 0 aromatic carbocycles. The van der Waals surface area contributed by atoms with E-state index >= 15 is 0 Å². The first kappa shape index (κ1) is 11.3. The summed E-state index contributed by atoms with van der Waals surface area (Å²) in [5, 5.41) is 0. The first-order chi connectivity index (χ1) is 6.60. The molecule has 0 radical (unpaired) electrons. The van der Waals surface area contributed by atoms with Crippen LogP contribution in [-0.2, 0) is 0 Å². The standard InChI is InChI=1S/C12H22N2/c1-6-11-8-14(7-2)12(9(3)4)13-10(11)5/h8-10H,6-7H2,1-5H3. The van der Waals surface area contributed by atoms with E-state index in [2.05, 4.69) is 45.7 Å². The Bertz CT molecular complexity index is 251. The zero-order valence-corrected chi connectivity index (χ0v) is 10.0. The fourth-order valence-electron chi connectivity index (χ4n) is 1.85.